The van der Waals surface area contributed by atoms with Gasteiger partial charge in [-0.25, -0.2) is 0 Å². The quantitative estimate of drug-likeness (QED) is 0.0195. The van der Waals surface area contributed by atoms with Crippen molar-refractivity contribution < 1.29 is 42.9 Å². The third-order valence-electron chi connectivity index (χ3n) is 14.5. The molecule has 0 aromatic carbocycles. The van der Waals surface area contributed by atoms with Crippen molar-refractivity contribution in [1.29, 1.82) is 0 Å². The van der Waals surface area contributed by atoms with E-state index in [0.717, 1.165) is 109 Å². The number of esters is 2. The molecule has 480 valence electrons. The molecule has 0 rings (SSSR count). The molecule has 2 unspecified atom stereocenters. The van der Waals surface area contributed by atoms with E-state index >= 15 is 0 Å². The molecule has 9 nitrogen and oxygen atoms in total. The van der Waals surface area contributed by atoms with E-state index in [1.54, 1.807) is 0 Å². The first kappa shape index (κ1) is 79.7. The summed E-state index contributed by atoms with van der Waals surface area (Å²) in [7, 11) is 5.92. The van der Waals surface area contributed by atoms with Crippen LogP contribution in [-0.4, -0.2) is 82.3 Å². The van der Waals surface area contributed by atoms with Crippen LogP contribution in [0.25, 0.3) is 0 Å². The van der Waals surface area contributed by atoms with Crippen molar-refractivity contribution in [3.8, 4) is 0 Å². The summed E-state index contributed by atoms with van der Waals surface area (Å²) >= 11 is 0. The normalized spacial score (nSPS) is 13.5. The van der Waals surface area contributed by atoms with Crippen molar-refractivity contribution in [2.75, 3.05) is 47.5 Å². The Labute approximate surface area is 517 Å². The lowest BCUT2D eigenvalue weighted by Gasteiger charge is -2.26. The molecule has 0 spiro atoms. The molecule has 0 radical (unpaired) electrons. The highest BCUT2D eigenvalue weighted by molar-refractivity contribution is 5.70. The second-order valence-electron chi connectivity index (χ2n) is 23.7. The Bertz CT molecular complexity index is 1790. The van der Waals surface area contributed by atoms with E-state index in [2.05, 4.69) is 135 Å². The molecule has 0 heterocycles. The molecule has 0 aliphatic rings. The van der Waals surface area contributed by atoms with Gasteiger partial charge in [0.25, 0.3) is 0 Å². The van der Waals surface area contributed by atoms with Crippen molar-refractivity contribution in [3.63, 3.8) is 0 Å². The summed E-state index contributed by atoms with van der Waals surface area (Å²) in [4.78, 5) is 37.4. The molecule has 0 bridgehead atoms. The first-order valence-corrected chi connectivity index (χ1v) is 34.2. The van der Waals surface area contributed by atoms with Gasteiger partial charge >= 0.3 is 11.9 Å². The number of unbranched alkanes of at least 4 members (excludes halogenated alkanes) is 27. The fraction of sp³-hybridized carbons (Fsp3) is 0.693. The average Bonchev–Trinajstić information content (AvgIpc) is 3.52. The van der Waals surface area contributed by atoms with Gasteiger partial charge < -0.3 is 33.3 Å². The molecule has 0 aliphatic carbocycles. The molecule has 0 aromatic heterocycles. The molecule has 84 heavy (non-hydrogen) atoms. The van der Waals surface area contributed by atoms with E-state index in [1.165, 1.54) is 135 Å². The molecule has 0 aromatic rings. The molecule has 0 amide bonds. The maximum atomic E-state index is 12.9. The third kappa shape index (κ3) is 65.2. The fourth-order valence-corrected chi connectivity index (χ4v) is 9.27. The van der Waals surface area contributed by atoms with Crippen LogP contribution in [0.4, 0.5) is 0 Å². The van der Waals surface area contributed by atoms with Gasteiger partial charge in [0, 0.05) is 12.8 Å². The Morgan fingerprint density at radius 3 is 1.01 bits per heavy atom. The minimum atomic E-state index is -1.63. The predicted octanol–water partition coefficient (Wildman–Crippen LogP) is 19.9. The van der Waals surface area contributed by atoms with Crippen LogP contribution in [-0.2, 0) is 33.3 Å². The van der Waals surface area contributed by atoms with E-state index < -0.39 is 24.3 Å². The van der Waals surface area contributed by atoms with Crippen molar-refractivity contribution in [3.05, 3.63) is 122 Å². The maximum absolute atomic E-state index is 12.9. The summed E-state index contributed by atoms with van der Waals surface area (Å²) in [6, 6.07) is 0. The van der Waals surface area contributed by atoms with Crippen LogP contribution >= 0.6 is 0 Å². The van der Waals surface area contributed by atoms with Crippen LogP contribution in [0.15, 0.2) is 122 Å². The number of carboxylic acids is 1. The zero-order valence-corrected chi connectivity index (χ0v) is 54.7. The topological polar surface area (TPSA) is 111 Å². The predicted molar refractivity (Wildman–Crippen MR) is 356 cm³/mol. The zero-order chi connectivity index (χ0) is 61.2. The first-order chi connectivity index (χ1) is 41.1. The summed E-state index contributed by atoms with van der Waals surface area (Å²) < 4.78 is 22.8. The number of hydrogen-bond acceptors (Lipinski definition) is 8. The number of likely N-dealkylation sites (N-methyl/N-ethyl adjacent to an activating group) is 1. The van der Waals surface area contributed by atoms with Gasteiger partial charge in [0.2, 0.25) is 0 Å². The highest BCUT2D eigenvalue weighted by atomic mass is 16.7. The minimum absolute atomic E-state index is 0.144. The van der Waals surface area contributed by atoms with Crippen molar-refractivity contribution in [2.24, 2.45) is 0 Å². The molecular formula is C75H127NO8. The van der Waals surface area contributed by atoms with Gasteiger partial charge in [-0.1, -0.05) is 296 Å². The Hall–Kier alpha value is -4.31. The highest BCUT2D eigenvalue weighted by Gasteiger charge is 2.22. The molecular weight excluding hydrogens is 1040 g/mol. The van der Waals surface area contributed by atoms with Gasteiger partial charge in [0.15, 0.2) is 12.4 Å². The van der Waals surface area contributed by atoms with Gasteiger partial charge in [0.05, 0.1) is 40.3 Å². The Morgan fingerprint density at radius 1 is 0.369 bits per heavy atom. The van der Waals surface area contributed by atoms with Crippen molar-refractivity contribution in [2.45, 2.75) is 289 Å². The van der Waals surface area contributed by atoms with Crippen LogP contribution in [0.1, 0.15) is 277 Å². The molecule has 0 aliphatic heterocycles. The van der Waals surface area contributed by atoms with Crippen LogP contribution in [0, 0.1) is 0 Å². The summed E-state index contributed by atoms with van der Waals surface area (Å²) in [6.07, 6.45) is 88.4. The second-order valence-corrected chi connectivity index (χ2v) is 23.7. The van der Waals surface area contributed by atoms with Crippen molar-refractivity contribution in [1.82, 2.24) is 0 Å². The van der Waals surface area contributed by atoms with Gasteiger partial charge in [0.1, 0.15) is 13.2 Å². The standard InChI is InChI=1S/C75H127NO8/c1-6-8-10-12-14-16-18-20-22-24-26-27-28-29-30-31-32-33-34-35-36-37-38-39-40-41-42-43-44-45-46-47-48-50-52-54-56-58-60-62-64-66-73(78)84-71(70-83-75(74(79)80)81-68-67-76(3,4)5)69-82-72(77)65-63-61-59-57-55-53-51-49-25-23-21-19-17-15-13-11-9-7-2/h8,10,14,16,20,22,26-27,29-30,32-33,35-36,38-39,41-42,44-45,71,75H,6-7,9,11-13,15,17-19,21,23-25,28,31,34,37,40,43,46-70H2,1-5H3/b10-8-,16-14-,22-20-,27-26-,30-29-,33-32-,36-35-,39-38-,42-41-,45-44-. The number of nitrogens with zero attached hydrogens (tertiary/aromatic N) is 1. The van der Waals surface area contributed by atoms with Crippen LogP contribution in [0.2, 0.25) is 0 Å². The number of carbonyl (C=O) groups excluding carboxylic acids is 3. The van der Waals surface area contributed by atoms with Crippen LogP contribution in [0.5, 0.6) is 0 Å². The molecule has 9 heteroatoms. The smallest absolute Gasteiger partial charge is 0.306 e. The first-order valence-electron chi connectivity index (χ1n) is 34.2. The lowest BCUT2D eigenvalue weighted by molar-refractivity contribution is -0.870. The zero-order valence-electron chi connectivity index (χ0n) is 54.7. The Balaban J connectivity index is 4.13. The Kier molecular flexibility index (Phi) is 61.4. The van der Waals surface area contributed by atoms with Gasteiger partial charge in [-0.15, -0.1) is 0 Å². The summed E-state index contributed by atoms with van der Waals surface area (Å²) in [6.45, 7) is 4.65. The number of carbonyl (C=O) groups is 3. The minimum Gasteiger partial charge on any atom is -0.545 e. The largest absolute Gasteiger partial charge is 0.545 e. The van der Waals surface area contributed by atoms with E-state index in [4.69, 9.17) is 18.9 Å². The number of carboxylic acid groups (broad SMARTS) is 1. The summed E-state index contributed by atoms with van der Waals surface area (Å²) in [5.74, 6) is -2.28. The molecule has 0 N–H and O–H groups in total. The molecule has 0 fully saturated rings. The maximum Gasteiger partial charge on any atom is 0.306 e. The number of quaternary nitrogens is 1. The summed E-state index contributed by atoms with van der Waals surface area (Å²) in [5.41, 5.74) is 0. The number of ether oxygens (including phenoxy) is 4. The second kappa shape index (κ2) is 64.7. The van der Waals surface area contributed by atoms with E-state index in [1.807, 2.05) is 21.1 Å². The monoisotopic (exact) mass is 1170 g/mol. The third-order valence-corrected chi connectivity index (χ3v) is 14.5. The lowest BCUT2D eigenvalue weighted by Crippen LogP contribution is -2.44. The highest BCUT2D eigenvalue weighted by Crippen LogP contribution is 2.17. The van der Waals surface area contributed by atoms with Crippen molar-refractivity contribution >= 4 is 17.9 Å². The average molecular weight is 1170 g/mol. The van der Waals surface area contributed by atoms with Gasteiger partial charge in [-0.05, 0) is 89.9 Å². The SMILES string of the molecule is CC/C=C\C/C=C\C/C=C\C/C=C\C/C=C\C/C=C\C/C=C\C/C=C\C/C=C\C/C=C\CCCCCCCCCCCCC(=O)OC(COC(=O)CCCCCCCCCCCCCCCCCCCC)COC(OCC[N+](C)(C)C)C(=O)[O-]. The van der Waals surface area contributed by atoms with E-state index in [0.29, 0.717) is 23.9 Å². The van der Waals surface area contributed by atoms with Gasteiger partial charge in [-0.3, -0.25) is 9.59 Å². The Morgan fingerprint density at radius 2 is 0.679 bits per heavy atom. The fourth-order valence-electron chi connectivity index (χ4n) is 9.27. The van der Waals surface area contributed by atoms with Crippen LogP contribution in [0.3, 0.4) is 0 Å². The lowest BCUT2D eigenvalue weighted by atomic mass is 10.0. The van der Waals surface area contributed by atoms with Crippen LogP contribution < -0.4 is 5.11 Å². The molecule has 0 saturated heterocycles. The number of hydrogen-bond donors (Lipinski definition) is 0. The van der Waals surface area contributed by atoms with E-state index in [-0.39, 0.29) is 32.2 Å². The number of rotatable bonds is 62. The number of allylic oxidation sites excluding steroid dienone is 20. The van der Waals surface area contributed by atoms with Gasteiger partial charge in [-0.2, -0.15) is 0 Å². The number of aliphatic carboxylic acids is 1. The van der Waals surface area contributed by atoms with E-state index in [9.17, 15) is 19.5 Å². The molecule has 2 atom stereocenters. The summed E-state index contributed by atoms with van der Waals surface area (Å²) in [5, 5.41) is 11.8. The molecule has 0 saturated carbocycles.